The number of halogens is 1. The van der Waals surface area contributed by atoms with Crippen LogP contribution in [0.5, 0.6) is 5.75 Å². The standard InChI is InChI=1S/C24H26ClNO/c1-19(10-11-20-6-3-2-4-7-20)26-17-21-12-14-24(15-13-21)27-18-22-8-5-9-23(25)16-22/h2-9,12-16,19,26H,10-11,17-18H2,1H3/t19-/m1/s1. The second-order valence-electron chi connectivity index (χ2n) is 6.87. The summed E-state index contributed by atoms with van der Waals surface area (Å²) >= 11 is 6.00. The Morgan fingerprint density at radius 3 is 2.33 bits per heavy atom. The second kappa shape index (κ2) is 10.1. The summed E-state index contributed by atoms with van der Waals surface area (Å²) in [6, 6.07) is 27.1. The molecule has 0 spiro atoms. The quantitative estimate of drug-likeness (QED) is 0.490. The molecule has 1 atom stereocenters. The third kappa shape index (κ3) is 6.74. The molecule has 0 unspecified atom stereocenters. The Kier molecular flexibility index (Phi) is 7.32. The molecule has 0 aliphatic carbocycles. The number of aryl methyl sites for hydroxylation is 1. The highest BCUT2D eigenvalue weighted by molar-refractivity contribution is 6.30. The van der Waals surface area contributed by atoms with E-state index in [1.165, 1.54) is 11.1 Å². The van der Waals surface area contributed by atoms with Gasteiger partial charge in [-0.15, -0.1) is 0 Å². The smallest absolute Gasteiger partial charge is 0.119 e. The van der Waals surface area contributed by atoms with Crippen molar-refractivity contribution in [2.75, 3.05) is 0 Å². The van der Waals surface area contributed by atoms with Crippen LogP contribution in [0.2, 0.25) is 5.02 Å². The average Bonchev–Trinajstić information content (AvgIpc) is 2.71. The zero-order valence-electron chi connectivity index (χ0n) is 15.7. The second-order valence-corrected chi connectivity index (χ2v) is 7.31. The van der Waals surface area contributed by atoms with Crippen molar-refractivity contribution in [3.8, 4) is 5.75 Å². The van der Waals surface area contributed by atoms with Crippen molar-refractivity contribution in [3.05, 3.63) is 101 Å². The maximum absolute atomic E-state index is 6.00. The van der Waals surface area contributed by atoms with Crippen molar-refractivity contribution in [2.24, 2.45) is 0 Å². The summed E-state index contributed by atoms with van der Waals surface area (Å²) in [5.41, 5.74) is 3.73. The van der Waals surface area contributed by atoms with E-state index in [1.807, 2.05) is 36.4 Å². The summed E-state index contributed by atoms with van der Waals surface area (Å²) in [5.74, 6) is 0.871. The molecule has 0 saturated heterocycles. The van der Waals surface area contributed by atoms with Crippen LogP contribution >= 0.6 is 11.6 Å². The van der Waals surface area contributed by atoms with Crippen molar-refractivity contribution < 1.29 is 4.74 Å². The Bertz CT molecular complexity index is 817. The minimum absolute atomic E-state index is 0.476. The molecule has 1 N–H and O–H groups in total. The molecule has 0 radical (unpaired) electrons. The molecule has 0 fully saturated rings. The molecule has 0 aliphatic heterocycles. The van der Waals surface area contributed by atoms with Crippen LogP contribution < -0.4 is 10.1 Å². The Balaban J connectivity index is 1.40. The topological polar surface area (TPSA) is 21.3 Å². The molecule has 3 rings (SSSR count). The third-order valence-corrected chi connectivity index (χ3v) is 4.82. The monoisotopic (exact) mass is 379 g/mol. The normalized spacial score (nSPS) is 11.9. The van der Waals surface area contributed by atoms with Crippen LogP contribution in [0, 0.1) is 0 Å². The number of hydrogen-bond donors (Lipinski definition) is 1. The molecule has 3 aromatic rings. The lowest BCUT2D eigenvalue weighted by Gasteiger charge is -2.14. The summed E-state index contributed by atoms with van der Waals surface area (Å²) in [6.07, 6.45) is 2.23. The molecule has 3 heteroatoms. The molecule has 0 aliphatic rings. The van der Waals surface area contributed by atoms with Gasteiger partial charge in [0.15, 0.2) is 0 Å². The summed E-state index contributed by atoms with van der Waals surface area (Å²) < 4.78 is 5.84. The lowest BCUT2D eigenvalue weighted by atomic mass is 10.1. The van der Waals surface area contributed by atoms with Gasteiger partial charge in [-0.3, -0.25) is 0 Å². The maximum atomic E-state index is 6.00. The SMILES string of the molecule is C[C@H](CCc1ccccc1)NCc1ccc(OCc2cccc(Cl)c2)cc1. The average molecular weight is 380 g/mol. The molecule has 0 heterocycles. The van der Waals surface area contributed by atoms with E-state index in [2.05, 4.69) is 54.7 Å². The zero-order valence-corrected chi connectivity index (χ0v) is 16.5. The molecule has 140 valence electrons. The van der Waals surface area contributed by atoms with Crippen LogP contribution in [0.15, 0.2) is 78.9 Å². The summed E-state index contributed by atoms with van der Waals surface area (Å²) in [6.45, 7) is 3.63. The summed E-state index contributed by atoms with van der Waals surface area (Å²) in [5, 5.41) is 4.33. The van der Waals surface area contributed by atoms with Gasteiger partial charge in [0.05, 0.1) is 0 Å². The Morgan fingerprint density at radius 1 is 0.852 bits per heavy atom. The van der Waals surface area contributed by atoms with Gasteiger partial charge in [0.1, 0.15) is 12.4 Å². The first-order chi connectivity index (χ1) is 13.2. The van der Waals surface area contributed by atoms with Crippen LogP contribution in [0.25, 0.3) is 0 Å². The van der Waals surface area contributed by atoms with E-state index in [9.17, 15) is 0 Å². The number of nitrogens with one attached hydrogen (secondary N) is 1. The van der Waals surface area contributed by atoms with Gasteiger partial charge in [0.25, 0.3) is 0 Å². The van der Waals surface area contributed by atoms with E-state index < -0.39 is 0 Å². The first-order valence-corrected chi connectivity index (χ1v) is 9.80. The lowest BCUT2D eigenvalue weighted by Crippen LogP contribution is -2.25. The maximum Gasteiger partial charge on any atom is 0.119 e. The molecule has 3 aromatic carbocycles. The molecule has 0 saturated carbocycles. The van der Waals surface area contributed by atoms with E-state index in [1.54, 1.807) is 0 Å². The molecule has 0 bridgehead atoms. The van der Waals surface area contributed by atoms with Gasteiger partial charge in [-0.2, -0.15) is 0 Å². The number of hydrogen-bond acceptors (Lipinski definition) is 2. The van der Waals surface area contributed by atoms with Gasteiger partial charge in [-0.05, 0) is 60.7 Å². The molecular formula is C24H26ClNO. The minimum Gasteiger partial charge on any atom is -0.489 e. The van der Waals surface area contributed by atoms with E-state index in [0.717, 1.165) is 35.7 Å². The van der Waals surface area contributed by atoms with Gasteiger partial charge in [-0.25, -0.2) is 0 Å². The van der Waals surface area contributed by atoms with E-state index in [4.69, 9.17) is 16.3 Å². The molecule has 2 nitrogen and oxygen atoms in total. The largest absolute Gasteiger partial charge is 0.489 e. The van der Waals surface area contributed by atoms with Crippen molar-refractivity contribution in [1.82, 2.24) is 5.32 Å². The van der Waals surface area contributed by atoms with Crippen molar-refractivity contribution >= 4 is 11.6 Å². The highest BCUT2D eigenvalue weighted by atomic mass is 35.5. The third-order valence-electron chi connectivity index (χ3n) is 4.58. The Labute approximate surface area is 167 Å². The molecule has 0 aromatic heterocycles. The lowest BCUT2D eigenvalue weighted by molar-refractivity contribution is 0.306. The fraction of sp³-hybridized carbons (Fsp3) is 0.250. The van der Waals surface area contributed by atoms with Crippen molar-refractivity contribution in [3.63, 3.8) is 0 Å². The van der Waals surface area contributed by atoms with Gasteiger partial charge < -0.3 is 10.1 Å². The predicted octanol–water partition coefficient (Wildman–Crippen LogP) is 6.03. The predicted molar refractivity (Wildman–Crippen MR) is 113 cm³/mol. The Morgan fingerprint density at radius 2 is 1.59 bits per heavy atom. The van der Waals surface area contributed by atoms with Gasteiger partial charge in [-0.1, -0.05) is 66.2 Å². The zero-order chi connectivity index (χ0) is 18.9. The van der Waals surface area contributed by atoms with Crippen LogP contribution in [0.3, 0.4) is 0 Å². The van der Waals surface area contributed by atoms with Crippen LogP contribution in [-0.4, -0.2) is 6.04 Å². The minimum atomic E-state index is 0.476. The van der Waals surface area contributed by atoms with Crippen LogP contribution in [0.4, 0.5) is 0 Å². The highest BCUT2D eigenvalue weighted by Crippen LogP contribution is 2.16. The van der Waals surface area contributed by atoms with Gasteiger partial charge >= 0.3 is 0 Å². The molecule has 27 heavy (non-hydrogen) atoms. The van der Waals surface area contributed by atoms with Crippen molar-refractivity contribution in [2.45, 2.75) is 39.0 Å². The summed E-state index contributed by atoms with van der Waals surface area (Å²) in [4.78, 5) is 0. The number of benzene rings is 3. The van der Waals surface area contributed by atoms with Crippen LogP contribution in [0.1, 0.15) is 30.0 Å². The number of rotatable bonds is 9. The first-order valence-electron chi connectivity index (χ1n) is 9.42. The first kappa shape index (κ1) is 19.5. The number of ether oxygens (including phenoxy) is 1. The van der Waals surface area contributed by atoms with E-state index in [0.29, 0.717) is 12.6 Å². The highest BCUT2D eigenvalue weighted by Gasteiger charge is 2.03. The van der Waals surface area contributed by atoms with Crippen LogP contribution in [-0.2, 0) is 19.6 Å². The van der Waals surface area contributed by atoms with Gasteiger partial charge in [0, 0.05) is 17.6 Å². The van der Waals surface area contributed by atoms with Crippen molar-refractivity contribution in [1.29, 1.82) is 0 Å². The Hall–Kier alpha value is -2.29. The van der Waals surface area contributed by atoms with Gasteiger partial charge in [0.2, 0.25) is 0 Å². The fourth-order valence-corrected chi connectivity index (χ4v) is 3.13. The molecule has 0 amide bonds. The molecular weight excluding hydrogens is 354 g/mol. The summed E-state index contributed by atoms with van der Waals surface area (Å²) in [7, 11) is 0. The fourth-order valence-electron chi connectivity index (χ4n) is 2.92. The van der Waals surface area contributed by atoms with E-state index >= 15 is 0 Å². The van der Waals surface area contributed by atoms with E-state index in [-0.39, 0.29) is 0 Å².